The van der Waals surface area contributed by atoms with Gasteiger partial charge in [-0.05, 0) is 60.8 Å². The molecule has 3 heterocycles. The fourth-order valence-electron chi connectivity index (χ4n) is 4.05. The van der Waals surface area contributed by atoms with Gasteiger partial charge in [0.2, 0.25) is 20.9 Å². The van der Waals surface area contributed by atoms with Crippen LogP contribution in [0.5, 0.6) is 0 Å². The number of likely N-dealkylation sites (tertiary alicyclic amines) is 1. The number of rotatable bonds is 6. The summed E-state index contributed by atoms with van der Waals surface area (Å²) in [4.78, 5) is 35.1. The molecule has 0 unspecified atom stereocenters. The standard InChI is InChI=1S/C24H39BN4O7S/c1-15(2)18(28-21(31)34-22(3,4)5)19(30)29-11-10-17(14-29)37(32,33)20-26-12-16(13-27-20)25-35-23(6,7)24(8,9)36-25/h12-13,15,17-18H,10-11,14H2,1-9H3,(H,28,31)/t17-,18-/m0/s1. The van der Waals surface area contributed by atoms with Gasteiger partial charge in [-0.3, -0.25) is 4.79 Å². The second-order valence-electron chi connectivity index (χ2n) is 12.0. The number of hydrogen-bond acceptors (Lipinski definition) is 9. The van der Waals surface area contributed by atoms with Crippen LogP contribution in [0, 0.1) is 5.92 Å². The molecule has 206 valence electrons. The van der Waals surface area contributed by atoms with E-state index in [0.29, 0.717) is 5.46 Å². The molecule has 2 aliphatic rings. The summed E-state index contributed by atoms with van der Waals surface area (Å²) in [5.41, 5.74) is -1.28. The molecule has 0 aliphatic carbocycles. The Bertz CT molecular complexity index is 1100. The van der Waals surface area contributed by atoms with Crippen molar-refractivity contribution in [3.05, 3.63) is 12.4 Å². The van der Waals surface area contributed by atoms with Crippen LogP contribution in [0.1, 0.15) is 68.7 Å². The third-order valence-corrected chi connectivity index (χ3v) is 8.91. The Morgan fingerprint density at radius 1 is 1.14 bits per heavy atom. The average Bonchev–Trinajstić information content (AvgIpc) is 3.33. The zero-order valence-electron chi connectivity index (χ0n) is 23.2. The molecular weight excluding hydrogens is 499 g/mol. The third-order valence-electron chi connectivity index (χ3n) is 6.93. The van der Waals surface area contributed by atoms with E-state index in [1.165, 1.54) is 17.3 Å². The van der Waals surface area contributed by atoms with Crippen molar-refractivity contribution in [1.29, 1.82) is 0 Å². The molecule has 2 fully saturated rings. The Morgan fingerprint density at radius 2 is 1.68 bits per heavy atom. The van der Waals surface area contributed by atoms with Crippen LogP contribution in [-0.2, 0) is 28.7 Å². The molecule has 0 aromatic carbocycles. The van der Waals surface area contributed by atoms with Crippen LogP contribution in [0.15, 0.2) is 17.6 Å². The van der Waals surface area contributed by atoms with E-state index in [4.69, 9.17) is 14.0 Å². The van der Waals surface area contributed by atoms with Gasteiger partial charge < -0.3 is 24.3 Å². The Kier molecular flexibility index (Phi) is 8.04. The summed E-state index contributed by atoms with van der Waals surface area (Å²) in [5, 5.41) is 1.47. The third kappa shape index (κ3) is 6.43. The minimum atomic E-state index is -3.89. The average molecular weight is 538 g/mol. The highest BCUT2D eigenvalue weighted by Crippen LogP contribution is 2.36. The first-order valence-electron chi connectivity index (χ1n) is 12.5. The van der Waals surface area contributed by atoms with E-state index in [0.717, 1.165) is 0 Å². The van der Waals surface area contributed by atoms with Crippen LogP contribution in [0.3, 0.4) is 0 Å². The number of carbonyl (C=O) groups excluding carboxylic acids is 2. The number of nitrogens with zero attached hydrogens (tertiary/aromatic N) is 3. The first-order valence-corrected chi connectivity index (χ1v) is 14.1. The molecule has 1 aromatic heterocycles. The first-order chi connectivity index (χ1) is 16.8. The van der Waals surface area contributed by atoms with Gasteiger partial charge in [0.05, 0.1) is 16.5 Å². The number of alkyl carbamates (subject to hydrolysis) is 1. The summed E-state index contributed by atoms with van der Waals surface area (Å²) in [6.07, 6.45) is 2.35. The molecule has 0 bridgehead atoms. The lowest BCUT2D eigenvalue weighted by Gasteiger charge is -2.32. The van der Waals surface area contributed by atoms with Crippen molar-refractivity contribution in [2.45, 2.75) is 102 Å². The second-order valence-corrected chi connectivity index (χ2v) is 14.1. The van der Waals surface area contributed by atoms with Crippen molar-refractivity contribution < 1.29 is 32.1 Å². The van der Waals surface area contributed by atoms with Gasteiger partial charge in [-0.25, -0.2) is 23.2 Å². The second kappa shape index (κ2) is 10.1. The van der Waals surface area contributed by atoms with E-state index in [9.17, 15) is 18.0 Å². The molecule has 0 saturated carbocycles. The Balaban J connectivity index is 1.68. The fraction of sp³-hybridized carbons (Fsp3) is 0.750. The maximum absolute atomic E-state index is 13.3. The van der Waals surface area contributed by atoms with Crippen molar-refractivity contribution in [1.82, 2.24) is 20.2 Å². The van der Waals surface area contributed by atoms with E-state index >= 15 is 0 Å². The lowest BCUT2D eigenvalue weighted by Crippen LogP contribution is -2.52. The Labute approximate surface area is 220 Å². The zero-order chi connectivity index (χ0) is 28.0. The summed E-state index contributed by atoms with van der Waals surface area (Å²) in [6, 6.07) is -0.841. The lowest BCUT2D eigenvalue weighted by atomic mass is 9.81. The van der Waals surface area contributed by atoms with Crippen molar-refractivity contribution in [3.8, 4) is 0 Å². The van der Waals surface area contributed by atoms with Gasteiger partial charge in [-0.15, -0.1) is 0 Å². The highest BCUT2D eigenvalue weighted by Gasteiger charge is 2.52. The molecule has 37 heavy (non-hydrogen) atoms. The summed E-state index contributed by atoms with van der Waals surface area (Å²) in [5.74, 6) is -0.572. The SMILES string of the molecule is CC(C)[C@H](NC(=O)OC(C)(C)C)C(=O)N1CC[C@H](S(=O)(=O)c2ncc(B3OC(C)(C)C(C)(C)O3)cn2)C1. The maximum atomic E-state index is 13.3. The van der Waals surface area contributed by atoms with Gasteiger partial charge in [0.1, 0.15) is 11.6 Å². The summed E-state index contributed by atoms with van der Waals surface area (Å²) in [7, 11) is -4.60. The molecule has 2 saturated heterocycles. The first kappa shape index (κ1) is 29.3. The normalized spacial score (nSPS) is 22.3. The summed E-state index contributed by atoms with van der Waals surface area (Å²) >= 11 is 0. The van der Waals surface area contributed by atoms with E-state index in [2.05, 4.69) is 15.3 Å². The summed E-state index contributed by atoms with van der Waals surface area (Å²) in [6.45, 7) is 16.7. The quantitative estimate of drug-likeness (QED) is 0.424. The molecule has 1 N–H and O–H groups in total. The molecule has 0 radical (unpaired) electrons. The van der Waals surface area contributed by atoms with E-state index in [1.807, 2.05) is 27.7 Å². The topological polar surface area (TPSA) is 137 Å². The largest absolute Gasteiger partial charge is 0.498 e. The minimum Gasteiger partial charge on any atom is -0.444 e. The lowest BCUT2D eigenvalue weighted by molar-refractivity contribution is -0.133. The van der Waals surface area contributed by atoms with Crippen LogP contribution in [0.25, 0.3) is 0 Å². The smallest absolute Gasteiger partial charge is 0.444 e. The number of hydrogen-bond donors (Lipinski definition) is 1. The highest BCUT2D eigenvalue weighted by molar-refractivity contribution is 7.91. The molecule has 1 aromatic rings. The van der Waals surface area contributed by atoms with Gasteiger partial charge >= 0.3 is 13.2 Å². The fourth-order valence-corrected chi connectivity index (χ4v) is 5.54. The van der Waals surface area contributed by atoms with Crippen molar-refractivity contribution in [3.63, 3.8) is 0 Å². The Hall–Kier alpha value is -2.25. The molecule has 13 heteroatoms. The molecule has 2 atom stereocenters. The van der Waals surface area contributed by atoms with E-state index < -0.39 is 51.1 Å². The number of ether oxygens (including phenoxy) is 1. The van der Waals surface area contributed by atoms with Gasteiger partial charge in [0, 0.05) is 30.9 Å². The maximum Gasteiger partial charge on any atom is 0.498 e. The predicted octanol–water partition coefficient (Wildman–Crippen LogP) is 1.70. The van der Waals surface area contributed by atoms with Crippen LogP contribution in [-0.4, -0.2) is 83.6 Å². The number of amides is 2. The number of nitrogens with one attached hydrogen (secondary N) is 1. The van der Waals surface area contributed by atoms with E-state index in [1.54, 1.807) is 34.6 Å². The van der Waals surface area contributed by atoms with Gasteiger partial charge in [-0.1, -0.05) is 13.8 Å². The van der Waals surface area contributed by atoms with Crippen molar-refractivity contribution in [2.75, 3.05) is 13.1 Å². The number of sulfone groups is 1. The molecule has 0 spiro atoms. The highest BCUT2D eigenvalue weighted by atomic mass is 32.2. The zero-order valence-corrected chi connectivity index (χ0v) is 24.0. The van der Waals surface area contributed by atoms with Crippen molar-refractivity contribution in [2.24, 2.45) is 5.92 Å². The van der Waals surface area contributed by atoms with Gasteiger partial charge in [-0.2, -0.15) is 0 Å². The molecule has 11 nitrogen and oxygen atoms in total. The van der Waals surface area contributed by atoms with Crippen LogP contribution in [0.2, 0.25) is 0 Å². The number of aromatic nitrogens is 2. The predicted molar refractivity (Wildman–Crippen MR) is 138 cm³/mol. The summed E-state index contributed by atoms with van der Waals surface area (Å²) < 4.78 is 43.8. The van der Waals surface area contributed by atoms with Crippen molar-refractivity contribution >= 4 is 34.4 Å². The van der Waals surface area contributed by atoms with Crippen LogP contribution in [0.4, 0.5) is 4.79 Å². The number of carbonyl (C=O) groups is 2. The Morgan fingerprint density at radius 3 is 2.16 bits per heavy atom. The molecule has 3 rings (SSSR count). The molecular formula is C24H39BN4O7S. The molecule has 2 amide bonds. The van der Waals surface area contributed by atoms with Gasteiger partial charge in [0.15, 0.2) is 0 Å². The monoisotopic (exact) mass is 538 g/mol. The van der Waals surface area contributed by atoms with E-state index in [-0.39, 0.29) is 36.5 Å². The van der Waals surface area contributed by atoms with Crippen LogP contribution >= 0.6 is 0 Å². The minimum absolute atomic E-state index is 0.0112. The molecule has 2 aliphatic heterocycles. The van der Waals surface area contributed by atoms with Crippen LogP contribution < -0.4 is 10.8 Å². The van der Waals surface area contributed by atoms with Gasteiger partial charge in [0.25, 0.3) is 0 Å².